The Kier molecular flexibility index (Phi) is 7.84. The standard InChI is InChI=1S/C25H31N5O4S/c1-3-30(4-2)35(32,33)22-10-11-24(28-12-14-34-15-13-28)23(16-22)25(31)27-21-17-26-29(19-21)18-20-8-6-5-7-9-20/h5-11,16-17,19H,3-4,12-15,18H2,1-2H3,(H,27,31). The van der Waals surface area contributed by atoms with E-state index in [9.17, 15) is 13.2 Å². The highest BCUT2D eigenvalue weighted by atomic mass is 32.2. The molecule has 0 saturated carbocycles. The van der Waals surface area contributed by atoms with Crippen LogP contribution in [0.25, 0.3) is 0 Å². The molecule has 1 aromatic heterocycles. The fourth-order valence-electron chi connectivity index (χ4n) is 4.13. The lowest BCUT2D eigenvalue weighted by Gasteiger charge is -2.30. The fraction of sp³-hybridized carbons (Fsp3) is 0.360. The predicted octanol–water partition coefficient (Wildman–Crippen LogP) is 3.05. The summed E-state index contributed by atoms with van der Waals surface area (Å²) in [5, 5.41) is 7.24. The van der Waals surface area contributed by atoms with Gasteiger partial charge >= 0.3 is 0 Å². The van der Waals surface area contributed by atoms with Crippen LogP contribution < -0.4 is 10.2 Å². The second-order valence-electron chi connectivity index (χ2n) is 8.23. The summed E-state index contributed by atoms with van der Waals surface area (Å²) >= 11 is 0. The summed E-state index contributed by atoms with van der Waals surface area (Å²) < 4.78 is 34.9. The average molecular weight is 498 g/mol. The number of hydrogen-bond acceptors (Lipinski definition) is 6. The van der Waals surface area contributed by atoms with Gasteiger partial charge in [0.2, 0.25) is 10.0 Å². The fourth-order valence-corrected chi connectivity index (χ4v) is 5.62. The van der Waals surface area contributed by atoms with Gasteiger partial charge in [0.1, 0.15) is 0 Å². The number of anilines is 2. The van der Waals surface area contributed by atoms with Gasteiger partial charge in [-0.1, -0.05) is 44.2 Å². The normalized spacial score (nSPS) is 14.3. The van der Waals surface area contributed by atoms with Crippen LogP contribution in [0.2, 0.25) is 0 Å². The number of benzene rings is 2. The maximum Gasteiger partial charge on any atom is 0.257 e. The van der Waals surface area contributed by atoms with Gasteiger partial charge in [-0.3, -0.25) is 9.48 Å². The molecule has 1 aliphatic heterocycles. The summed E-state index contributed by atoms with van der Waals surface area (Å²) in [6.07, 6.45) is 3.35. The molecule has 10 heteroatoms. The first-order chi connectivity index (χ1) is 16.9. The Labute approximate surface area is 206 Å². The number of aromatic nitrogens is 2. The maximum absolute atomic E-state index is 13.4. The van der Waals surface area contributed by atoms with Crippen LogP contribution in [-0.2, 0) is 21.3 Å². The number of hydrogen-bond donors (Lipinski definition) is 1. The van der Waals surface area contributed by atoms with Gasteiger partial charge in [-0.2, -0.15) is 9.40 Å². The third-order valence-electron chi connectivity index (χ3n) is 5.99. The zero-order chi connectivity index (χ0) is 24.8. The molecule has 0 unspecified atom stereocenters. The van der Waals surface area contributed by atoms with E-state index in [1.54, 1.807) is 43.1 Å². The second-order valence-corrected chi connectivity index (χ2v) is 10.2. The highest BCUT2D eigenvalue weighted by Crippen LogP contribution is 2.27. The molecule has 2 aromatic carbocycles. The first-order valence-electron chi connectivity index (χ1n) is 11.8. The van der Waals surface area contributed by atoms with Gasteiger partial charge in [-0.15, -0.1) is 0 Å². The third-order valence-corrected chi connectivity index (χ3v) is 8.03. The van der Waals surface area contributed by atoms with E-state index < -0.39 is 10.0 Å². The summed E-state index contributed by atoms with van der Waals surface area (Å²) in [6, 6.07) is 14.7. The van der Waals surface area contributed by atoms with Crippen LogP contribution in [0.3, 0.4) is 0 Å². The number of carbonyl (C=O) groups is 1. The molecule has 35 heavy (non-hydrogen) atoms. The van der Waals surface area contributed by atoms with Gasteiger partial charge in [0.05, 0.1) is 42.1 Å². The minimum Gasteiger partial charge on any atom is -0.378 e. The molecule has 9 nitrogen and oxygen atoms in total. The highest BCUT2D eigenvalue weighted by Gasteiger charge is 2.26. The van der Waals surface area contributed by atoms with E-state index in [0.717, 1.165) is 5.56 Å². The lowest BCUT2D eigenvalue weighted by molar-refractivity contribution is 0.102. The first kappa shape index (κ1) is 24.9. The Balaban J connectivity index is 1.62. The molecule has 1 saturated heterocycles. The van der Waals surface area contributed by atoms with Gasteiger partial charge in [-0.25, -0.2) is 8.42 Å². The van der Waals surface area contributed by atoms with E-state index in [0.29, 0.717) is 62.9 Å². The van der Waals surface area contributed by atoms with Crippen molar-refractivity contribution in [3.05, 3.63) is 72.1 Å². The van der Waals surface area contributed by atoms with Crippen molar-refractivity contribution in [1.82, 2.24) is 14.1 Å². The van der Waals surface area contributed by atoms with E-state index in [2.05, 4.69) is 10.4 Å². The molecule has 0 aliphatic carbocycles. The Morgan fingerprint density at radius 3 is 2.49 bits per heavy atom. The lowest BCUT2D eigenvalue weighted by atomic mass is 10.1. The Hall–Kier alpha value is -3.21. The SMILES string of the molecule is CCN(CC)S(=O)(=O)c1ccc(N2CCOCC2)c(C(=O)Nc2cnn(Cc3ccccc3)c2)c1. The number of sulfonamides is 1. The largest absolute Gasteiger partial charge is 0.378 e. The Bertz CT molecular complexity index is 1250. The van der Waals surface area contributed by atoms with Gasteiger partial charge < -0.3 is 15.0 Å². The van der Waals surface area contributed by atoms with Crippen LogP contribution in [0, 0.1) is 0 Å². The van der Waals surface area contributed by atoms with Crippen molar-refractivity contribution in [2.24, 2.45) is 0 Å². The molecular weight excluding hydrogens is 466 g/mol. The number of rotatable bonds is 9. The second kappa shape index (κ2) is 11.0. The lowest BCUT2D eigenvalue weighted by Crippen LogP contribution is -2.37. The van der Waals surface area contributed by atoms with Crippen molar-refractivity contribution < 1.29 is 17.9 Å². The molecule has 4 rings (SSSR count). The zero-order valence-corrected chi connectivity index (χ0v) is 20.9. The molecule has 1 aliphatic rings. The number of amides is 1. The number of nitrogens with zero attached hydrogens (tertiary/aromatic N) is 4. The van der Waals surface area contributed by atoms with Gasteiger partial charge in [0.25, 0.3) is 5.91 Å². The average Bonchev–Trinajstić information content (AvgIpc) is 3.31. The molecule has 3 aromatic rings. The van der Waals surface area contributed by atoms with E-state index in [1.807, 2.05) is 35.2 Å². The number of nitrogens with one attached hydrogen (secondary N) is 1. The summed E-state index contributed by atoms with van der Waals surface area (Å²) in [7, 11) is -3.71. The molecule has 0 radical (unpaired) electrons. The molecule has 0 bridgehead atoms. The summed E-state index contributed by atoms with van der Waals surface area (Å²) in [5.74, 6) is -0.387. The molecule has 186 valence electrons. The number of ether oxygens (including phenoxy) is 1. The van der Waals surface area contributed by atoms with Crippen molar-refractivity contribution in [3.8, 4) is 0 Å². The van der Waals surface area contributed by atoms with Crippen molar-refractivity contribution in [1.29, 1.82) is 0 Å². The molecular formula is C25H31N5O4S. The van der Waals surface area contributed by atoms with E-state index in [-0.39, 0.29) is 10.8 Å². The summed E-state index contributed by atoms with van der Waals surface area (Å²) in [6.45, 7) is 7.22. The topological polar surface area (TPSA) is 96.8 Å². The Morgan fingerprint density at radius 2 is 1.80 bits per heavy atom. The van der Waals surface area contributed by atoms with Crippen LogP contribution in [0.15, 0.2) is 65.8 Å². The van der Waals surface area contributed by atoms with Crippen LogP contribution in [0.4, 0.5) is 11.4 Å². The minimum atomic E-state index is -3.71. The molecule has 0 spiro atoms. The van der Waals surface area contributed by atoms with E-state index >= 15 is 0 Å². The van der Waals surface area contributed by atoms with Gasteiger partial charge in [0.15, 0.2) is 0 Å². The smallest absolute Gasteiger partial charge is 0.257 e. The highest BCUT2D eigenvalue weighted by molar-refractivity contribution is 7.89. The van der Waals surface area contributed by atoms with Crippen molar-refractivity contribution >= 4 is 27.3 Å². The molecule has 1 amide bonds. The van der Waals surface area contributed by atoms with Crippen LogP contribution in [0.1, 0.15) is 29.8 Å². The molecule has 1 fully saturated rings. The molecule has 2 heterocycles. The van der Waals surface area contributed by atoms with Crippen molar-refractivity contribution in [2.45, 2.75) is 25.3 Å². The van der Waals surface area contributed by atoms with Crippen molar-refractivity contribution in [2.75, 3.05) is 49.6 Å². The zero-order valence-electron chi connectivity index (χ0n) is 20.1. The maximum atomic E-state index is 13.4. The summed E-state index contributed by atoms with van der Waals surface area (Å²) in [5.41, 5.74) is 2.62. The molecule has 1 N–H and O–H groups in total. The van der Waals surface area contributed by atoms with Crippen molar-refractivity contribution in [3.63, 3.8) is 0 Å². The predicted molar refractivity (Wildman–Crippen MR) is 135 cm³/mol. The quantitative estimate of drug-likeness (QED) is 0.488. The Morgan fingerprint density at radius 1 is 1.09 bits per heavy atom. The number of morpholine rings is 1. The van der Waals surface area contributed by atoms with Crippen LogP contribution in [-0.4, -0.2) is 67.8 Å². The molecule has 0 atom stereocenters. The van der Waals surface area contributed by atoms with E-state index in [1.165, 1.54) is 10.4 Å². The third kappa shape index (κ3) is 5.72. The van der Waals surface area contributed by atoms with Crippen LogP contribution in [0.5, 0.6) is 0 Å². The van der Waals surface area contributed by atoms with Gasteiger partial charge in [0, 0.05) is 38.1 Å². The van der Waals surface area contributed by atoms with Gasteiger partial charge in [-0.05, 0) is 23.8 Å². The first-order valence-corrected chi connectivity index (χ1v) is 13.2. The number of carbonyl (C=O) groups excluding carboxylic acids is 1. The summed E-state index contributed by atoms with van der Waals surface area (Å²) in [4.78, 5) is 15.6. The minimum absolute atomic E-state index is 0.100. The van der Waals surface area contributed by atoms with Crippen LogP contribution >= 0.6 is 0 Å². The monoisotopic (exact) mass is 497 g/mol. The van der Waals surface area contributed by atoms with E-state index in [4.69, 9.17) is 4.74 Å².